The maximum absolute atomic E-state index is 12.4. The van der Waals surface area contributed by atoms with Gasteiger partial charge in [-0.05, 0) is 42.8 Å². The van der Waals surface area contributed by atoms with Crippen LogP contribution in [0.1, 0.15) is 59.7 Å². The molecule has 5 nitrogen and oxygen atoms in total. The molecule has 0 saturated heterocycles. The van der Waals surface area contributed by atoms with Crippen molar-refractivity contribution in [2.24, 2.45) is 5.73 Å². The average molecular weight is 354 g/mol. The van der Waals surface area contributed by atoms with Crippen molar-refractivity contribution >= 4 is 17.5 Å². The molecule has 0 aliphatic heterocycles. The number of carbonyl (C=O) groups excluding carboxylic acids is 2. The molecule has 5 heteroatoms. The lowest BCUT2D eigenvalue weighted by atomic mass is 10.1. The van der Waals surface area contributed by atoms with E-state index < -0.39 is 5.91 Å². The number of rotatable bonds is 10. The molecule has 0 radical (unpaired) electrons. The van der Waals surface area contributed by atoms with Gasteiger partial charge in [0.1, 0.15) is 5.75 Å². The number of anilines is 1. The van der Waals surface area contributed by atoms with E-state index in [9.17, 15) is 9.59 Å². The number of nitrogens with one attached hydrogen (secondary N) is 1. The fourth-order valence-corrected chi connectivity index (χ4v) is 2.60. The maximum atomic E-state index is 12.4. The Balaban J connectivity index is 1.88. The third kappa shape index (κ3) is 5.92. The normalized spacial score (nSPS) is 10.3. The number of benzene rings is 2. The van der Waals surface area contributed by atoms with E-state index in [1.165, 1.54) is 25.7 Å². The van der Waals surface area contributed by atoms with Gasteiger partial charge < -0.3 is 15.8 Å². The molecule has 0 saturated carbocycles. The smallest absolute Gasteiger partial charge is 0.255 e. The van der Waals surface area contributed by atoms with Gasteiger partial charge in [-0.15, -0.1) is 0 Å². The zero-order valence-electron chi connectivity index (χ0n) is 15.2. The number of primary amides is 1. The molecule has 2 aromatic rings. The molecule has 0 aromatic heterocycles. The molecule has 138 valence electrons. The first-order valence-electron chi connectivity index (χ1n) is 9.05. The number of ether oxygens (including phenoxy) is 1. The second-order valence-corrected chi connectivity index (χ2v) is 6.15. The fraction of sp³-hybridized carbons (Fsp3) is 0.333. The summed E-state index contributed by atoms with van der Waals surface area (Å²) >= 11 is 0. The first-order valence-corrected chi connectivity index (χ1v) is 9.05. The van der Waals surface area contributed by atoms with Crippen molar-refractivity contribution in [3.63, 3.8) is 0 Å². The topological polar surface area (TPSA) is 81.4 Å². The van der Waals surface area contributed by atoms with Crippen molar-refractivity contribution in [1.29, 1.82) is 0 Å². The van der Waals surface area contributed by atoms with Crippen LogP contribution in [0.4, 0.5) is 5.69 Å². The molecular weight excluding hydrogens is 328 g/mol. The summed E-state index contributed by atoms with van der Waals surface area (Å²) in [5, 5.41) is 2.72. The van der Waals surface area contributed by atoms with Crippen molar-refractivity contribution < 1.29 is 14.3 Å². The van der Waals surface area contributed by atoms with Crippen LogP contribution < -0.4 is 15.8 Å². The van der Waals surface area contributed by atoms with E-state index in [4.69, 9.17) is 10.5 Å². The average Bonchev–Trinajstić information content (AvgIpc) is 2.65. The lowest BCUT2D eigenvalue weighted by Gasteiger charge is -2.10. The molecule has 26 heavy (non-hydrogen) atoms. The first kappa shape index (κ1) is 19.5. The van der Waals surface area contributed by atoms with E-state index in [-0.39, 0.29) is 11.5 Å². The van der Waals surface area contributed by atoms with Gasteiger partial charge in [0, 0.05) is 5.56 Å². The number of carbonyl (C=O) groups is 2. The zero-order valence-corrected chi connectivity index (χ0v) is 15.2. The summed E-state index contributed by atoms with van der Waals surface area (Å²) in [5.41, 5.74) is 6.49. The highest BCUT2D eigenvalue weighted by atomic mass is 16.5. The number of amides is 2. The maximum Gasteiger partial charge on any atom is 0.255 e. The van der Waals surface area contributed by atoms with Gasteiger partial charge in [-0.3, -0.25) is 9.59 Å². The summed E-state index contributed by atoms with van der Waals surface area (Å²) in [6.07, 6.45) is 5.95. The molecule has 0 atom stereocenters. The molecule has 0 aliphatic rings. The van der Waals surface area contributed by atoms with Crippen LogP contribution >= 0.6 is 0 Å². The van der Waals surface area contributed by atoms with E-state index in [1.54, 1.807) is 48.5 Å². The Kier molecular flexibility index (Phi) is 7.68. The summed E-state index contributed by atoms with van der Waals surface area (Å²) in [4.78, 5) is 23.8. The molecule has 3 N–H and O–H groups in total. The Morgan fingerprint density at radius 2 is 1.65 bits per heavy atom. The van der Waals surface area contributed by atoms with E-state index in [0.29, 0.717) is 17.9 Å². The molecule has 2 rings (SSSR count). The van der Waals surface area contributed by atoms with Crippen LogP contribution in [0, 0.1) is 0 Å². The molecule has 0 heterocycles. The standard InChI is InChI=1S/C21H26N2O3/c1-2-3-4-5-8-15-26-17-13-11-16(12-14-17)21(25)23-19-10-7-6-9-18(19)20(22)24/h6-7,9-14H,2-5,8,15H2,1H3,(H2,22,24)(H,23,25). The van der Waals surface area contributed by atoms with Crippen molar-refractivity contribution in [2.45, 2.75) is 39.0 Å². The van der Waals surface area contributed by atoms with Crippen molar-refractivity contribution in [3.8, 4) is 5.75 Å². The molecule has 0 aliphatic carbocycles. The van der Waals surface area contributed by atoms with Gasteiger partial charge >= 0.3 is 0 Å². The molecule has 0 bridgehead atoms. The van der Waals surface area contributed by atoms with Crippen LogP contribution in [-0.2, 0) is 0 Å². The Labute approximate surface area is 154 Å². The summed E-state index contributed by atoms with van der Waals surface area (Å²) in [6.45, 7) is 2.88. The minimum absolute atomic E-state index is 0.281. The van der Waals surface area contributed by atoms with Crippen molar-refractivity contribution in [3.05, 3.63) is 59.7 Å². The number of unbranched alkanes of at least 4 members (excludes halogenated alkanes) is 4. The number of para-hydroxylation sites is 1. The van der Waals surface area contributed by atoms with E-state index in [0.717, 1.165) is 12.2 Å². The Morgan fingerprint density at radius 3 is 2.35 bits per heavy atom. The van der Waals surface area contributed by atoms with Crippen LogP contribution in [0.3, 0.4) is 0 Å². The summed E-state index contributed by atoms with van der Waals surface area (Å²) < 4.78 is 5.70. The van der Waals surface area contributed by atoms with Gasteiger partial charge in [0.25, 0.3) is 11.8 Å². The molecule has 0 fully saturated rings. The monoisotopic (exact) mass is 354 g/mol. The minimum Gasteiger partial charge on any atom is -0.494 e. The first-order chi connectivity index (χ1) is 12.6. The Hall–Kier alpha value is -2.82. The quantitative estimate of drug-likeness (QED) is 0.621. The number of hydrogen-bond donors (Lipinski definition) is 2. The largest absolute Gasteiger partial charge is 0.494 e. The highest BCUT2D eigenvalue weighted by Gasteiger charge is 2.11. The molecule has 0 unspecified atom stereocenters. The molecule has 2 amide bonds. The van der Waals surface area contributed by atoms with Gasteiger partial charge in [-0.2, -0.15) is 0 Å². The van der Waals surface area contributed by atoms with Gasteiger partial charge in [-0.25, -0.2) is 0 Å². The van der Waals surface area contributed by atoms with E-state index in [1.807, 2.05) is 0 Å². The van der Waals surface area contributed by atoms with Crippen LogP contribution in [0.2, 0.25) is 0 Å². The van der Waals surface area contributed by atoms with Gasteiger partial charge in [0.15, 0.2) is 0 Å². The zero-order chi connectivity index (χ0) is 18.8. The third-order valence-electron chi connectivity index (χ3n) is 4.07. The summed E-state index contributed by atoms with van der Waals surface area (Å²) in [5.74, 6) is -0.136. The van der Waals surface area contributed by atoms with Gasteiger partial charge in [-0.1, -0.05) is 44.7 Å². The van der Waals surface area contributed by atoms with Gasteiger partial charge in [0.2, 0.25) is 0 Å². The fourth-order valence-electron chi connectivity index (χ4n) is 2.60. The van der Waals surface area contributed by atoms with Crippen LogP contribution in [0.5, 0.6) is 5.75 Å². The van der Waals surface area contributed by atoms with Crippen LogP contribution in [-0.4, -0.2) is 18.4 Å². The highest BCUT2D eigenvalue weighted by molar-refractivity contribution is 6.08. The predicted molar refractivity (Wildman–Crippen MR) is 104 cm³/mol. The highest BCUT2D eigenvalue weighted by Crippen LogP contribution is 2.17. The van der Waals surface area contributed by atoms with Crippen LogP contribution in [0.15, 0.2) is 48.5 Å². The van der Waals surface area contributed by atoms with Crippen molar-refractivity contribution in [2.75, 3.05) is 11.9 Å². The summed E-state index contributed by atoms with van der Waals surface area (Å²) in [6, 6.07) is 13.6. The SMILES string of the molecule is CCCCCCCOc1ccc(C(=O)Nc2ccccc2C(N)=O)cc1. The number of nitrogens with two attached hydrogens (primary N) is 1. The molecular formula is C21H26N2O3. The molecule has 2 aromatic carbocycles. The van der Waals surface area contributed by atoms with Crippen LogP contribution in [0.25, 0.3) is 0 Å². The van der Waals surface area contributed by atoms with E-state index in [2.05, 4.69) is 12.2 Å². The third-order valence-corrected chi connectivity index (χ3v) is 4.07. The lowest BCUT2D eigenvalue weighted by molar-refractivity contribution is 0.100. The Bertz CT molecular complexity index is 726. The lowest BCUT2D eigenvalue weighted by Crippen LogP contribution is -2.18. The van der Waals surface area contributed by atoms with Gasteiger partial charge in [0.05, 0.1) is 17.9 Å². The second-order valence-electron chi connectivity index (χ2n) is 6.15. The second kappa shape index (κ2) is 10.2. The summed E-state index contributed by atoms with van der Waals surface area (Å²) in [7, 11) is 0. The number of hydrogen-bond acceptors (Lipinski definition) is 3. The predicted octanol–water partition coefficient (Wildman–Crippen LogP) is 4.39. The van der Waals surface area contributed by atoms with E-state index >= 15 is 0 Å². The molecule has 0 spiro atoms. The van der Waals surface area contributed by atoms with Crippen molar-refractivity contribution in [1.82, 2.24) is 0 Å². The minimum atomic E-state index is -0.580. The Morgan fingerprint density at radius 1 is 0.962 bits per heavy atom.